The molecule has 0 saturated heterocycles. The molecule has 0 fully saturated rings. The average molecular weight is 297 g/mol. The summed E-state index contributed by atoms with van der Waals surface area (Å²) in [6.45, 7) is 8.83. The molecule has 2 aromatic carbocycles. The van der Waals surface area contributed by atoms with Gasteiger partial charge in [-0.3, -0.25) is 0 Å². The summed E-state index contributed by atoms with van der Waals surface area (Å²) in [5.41, 5.74) is 2.66. The van der Waals surface area contributed by atoms with Crippen molar-refractivity contribution < 1.29 is 5.11 Å². The molecule has 2 N–H and O–H groups in total. The van der Waals surface area contributed by atoms with E-state index in [9.17, 15) is 5.11 Å². The van der Waals surface area contributed by atoms with E-state index in [2.05, 4.69) is 57.3 Å². The van der Waals surface area contributed by atoms with E-state index in [1.807, 2.05) is 18.2 Å². The molecule has 22 heavy (non-hydrogen) atoms. The number of rotatable bonds is 5. The first kappa shape index (κ1) is 16.6. The fourth-order valence-electron chi connectivity index (χ4n) is 3.01. The van der Waals surface area contributed by atoms with Gasteiger partial charge in [-0.15, -0.1) is 0 Å². The van der Waals surface area contributed by atoms with Crippen LogP contribution in [0.15, 0.2) is 54.6 Å². The van der Waals surface area contributed by atoms with Crippen molar-refractivity contribution in [3.05, 3.63) is 65.7 Å². The summed E-state index contributed by atoms with van der Waals surface area (Å²) in [5.74, 6) is 0.642. The van der Waals surface area contributed by atoms with Gasteiger partial charge in [-0.05, 0) is 57.4 Å². The van der Waals surface area contributed by atoms with Gasteiger partial charge >= 0.3 is 0 Å². The largest absolute Gasteiger partial charge is 0.508 e. The van der Waals surface area contributed by atoms with Crippen LogP contribution < -0.4 is 5.32 Å². The molecule has 0 aliphatic rings. The van der Waals surface area contributed by atoms with Gasteiger partial charge < -0.3 is 10.4 Å². The lowest BCUT2D eigenvalue weighted by atomic mass is 9.86. The Kier molecular flexibility index (Phi) is 5.25. The van der Waals surface area contributed by atoms with Crippen molar-refractivity contribution in [2.75, 3.05) is 0 Å². The van der Waals surface area contributed by atoms with Gasteiger partial charge in [-0.2, -0.15) is 0 Å². The van der Waals surface area contributed by atoms with E-state index in [0.29, 0.717) is 17.7 Å². The third-order valence-corrected chi connectivity index (χ3v) is 3.77. The van der Waals surface area contributed by atoms with E-state index in [-0.39, 0.29) is 5.54 Å². The molecular formula is C20H27NO. The Balaban J connectivity index is 2.24. The molecule has 2 rings (SSSR count). The summed E-state index contributed by atoms with van der Waals surface area (Å²) in [6.07, 6.45) is 1.02. The summed E-state index contributed by atoms with van der Waals surface area (Å²) in [6, 6.07) is 18.6. The maximum Gasteiger partial charge on any atom is 0.115 e. The summed E-state index contributed by atoms with van der Waals surface area (Å²) in [4.78, 5) is 0. The zero-order valence-electron chi connectivity index (χ0n) is 14.0. The average Bonchev–Trinajstić information content (AvgIpc) is 2.45. The first-order valence-corrected chi connectivity index (χ1v) is 7.97. The lowest BCUT2D eigenvalue weighted by Gasteiger charge is -2.29. The van der Waals surface area contributed by atoms with Crippen molar-refractivity contribution in [1.29, 1.82) is 0 Å². The molecule has 2 aromatic rings. The Labute approximate surface area is 134 Å². The van der Waals surface area contributed by atoms with Crippen LogP contribution in [0.2, 0.25) is 0 Å². The van der Waals surface area contributed by atoms with E-state index in [1.54, 1.807) is 12.1 Å². The highest BCUT2D eigenvalue weighted by atomic mass is 16.3. The molecular weight excluding hydrogens is 270 g/mol. The first-order chi connectivity index (χ1) is 10.3. The molecule has 118 valence electrons. The lowest BCUT2D eigenvalue weighted by molar-refractivity contribution is 0.353. The fourth-order valence-corrected chi connectivity index (χ4v) is 3.01. The van der Waals surface area contributed by atoms with Crippen LogP contribution in [-0.4, -0.2) is 16.7 Å². The Morgan fingerprint density at radius 2 is 1.45 bits per heavy atom. The highest BCUT2D eigenvalue weighted by molar-refractivity contribution is 5.35. The van der Waals surface area contributed by atoms with E-state index in [1.165, 1.54) is 11.1 Å². The Hall–Kier alpha value is -1.80. The van der Waals surface area contributed by atoms with Gasteiger partial charge in [-0.25, -0.2) is 0 Å². The fraction of sp³-hybridized carbons (Fsp3) is 0.400. The normalized spacial score (nSPS) is 14.5. The second kappa shape index (κ2) is 6.97. The molecule has 2 atom stereocenters. The zero-order chi connectivity index (χ0) is 16.2. The van der Waals surface area contributed by atoms with Gasteiger partial charge in [0, 0.05) is 17.5 Å². The minimum Gasteiger partial charge on any atom is -0.508 e. The van der Waals surface area contributed by atoms with Crippen LogP contribution in [0.3, 0.4) is 0 Å². The van der Waals surface area contributed by atoms with Gasteiger partial charge in [0.15, 0.2) is 0 Å². The predicted octanol–water partition coefficient (Wildman–Crippen LogP) is 4.69. The highest BCUT2D eigenvalue weighted by Crippen LogP contribution is 2.30. The Morgan fingerprint density at radius 3 is 2.00 bits per heavy atom. The van der Waals surface area contributed by atoms with Crippen LogP contribution in [0, 0.1) is 0 Å². The molecule has 2 unspecified atom stereocenters. The van der Waals surface area contributed by atoms with Gasteiger partial charge in [0.2, 0.25) is 0 Å². The number of hydrogen-bond donors (Lipinski definition) is 2. The molecule has 0 saturated carbocycles. The Bertz CT molecular complexity index is 569. The third kappa shape index (κ3) is 4.88. The quantitative estimate of drug-likeness (QED) is 0.839. The number of phenolic OH excluding ortho intramolecular Hbond substituents is 1. The lowest BCUT2D eigenvalue weighted by Crippen LogP contribution is -2.42. The topological polar surface area (TPSA) is 32.3 Å². The zero-order valence-corrected chi connectivity index (χ0v) is 14.0. The van der Waals surface area contributed by atoms with E-state index >= 15 is 0 Å². The van der Waals surface area contributed by atoms with Crippen LogP contribution in [0.5, 0.6) is 5.75 Å². The van der Waals surface area contributed by atoms with Crippen LogP contribution >= 0.6 is 0 Å². The van der Waals surface area contributed by atoms with E-state index in [4.69, 9.17) is 0 Å². The van der Waals surface area contributed by atoms with Gasteiger partial charge in [-0.1, -0.05) is 42.5 Å². The predicted molar refractivity (Wildman–Crippen MR) is 93.4 cm³/mol. The number of benzene rings is 2. The van der Waals surface area contributed by atoms with Gasteiger partial charge in [0.25, 0.3) is 0 Å². The number of nitrogens with one attached hydrogen (secondary N) is 1. The second-order valence-corrected chi connectivity index (χ2v) is 7.09. The molecule has 2 heteroatoms. The van der Waals surface area contributed by atoms with Crippen molar-refractivity contribution in [2.45, 2.75) is 51.6 Å². The molecule has 0 heterocycles. The van der Waals surface area contributed by atoms with Crippen molar-refractivity contribution in [2.24, 2.45) is 0 Å². The first-order valence-electron chi connectivity index (χ1n) is 7.97. The minimum absolute atomic E-state index is 0.107. The van der Waals surface area contributed by atoms with Crippen LogP contribution in [0.4, 0.5) is 0 Å². The summed E-state index contributed by atoms with van der Waals surface area (Å²) in [7, 11) is 0. The molecule has 0 bridgehead atoms. The molecule has 2 nitrogen and oxygen atoms in total. The van der Waals surface area contributed by atoms with Crippen LogP contribution in [-0.2, 0) is 0 Å². The van der Waals surface area contributed by atoms with Crippen LogP contribution in [0.25, 0.3) is 0 Å². The SMILES string of the molecule is CC(CC(c1ccccc1)c1ccc(O)cc1)NC(C)(C)C. The maximum atomic E-state index is 9.53. The van der Waals surface area contributed by atoms with Crippen molar-refractivity contribution in [3.63, 3.8) is 0 Å². The van der Waals surface area contributed by atoms with Crippen LogP contribution in [0.1, 0.15) is 51.2 Å². The number of aromatic hydroxyl groups is 1. The molecule has 0 aromatic heterocycles. The van der Waals surface area contributed by atoms with Gasteiger partial charge in [0.1, 0.15) is 5.75 Å². The summed E-state index contributed by atoms with van der Waals surface area (Å²) < 4.78 is 0. The molecule has 0 aliphatic carbocycles. The highest BCUT2D eigenvalue weighted by Gasteiger charge is 2.20. The standard InChI is InChI=1S/C20H27NO/c1-15(21-20(2,3)4)14-19(16-8-6-5-7-9-16)17-10-12-18(22)13-11-17/h5-13,15,19,21-22H,14H2,1-4H3. The second-order valence-electron chi connectivity index (χ2n) is 7.09. The smallest absolute Gasteiger partial charge is 0.115 e. The Morgan fingerprint density at radius 1 is 0.909 bits per heavy atom. The summed E-state index contributed by atoms with van der Waals surface area (Å²) >= 11 is 0. The van der Waals surface area contributed by atoms with Crippen molar-refractivity contribution in [1.82, 2.24) is 5.32 Å². The van der Waals surface area contributed by atoms with E-state index < -0.39 is 0 Å². The minimum atomic E-state index is 0.107. The third-order valence-electron chi connectivity index (χ3n) is 3.77. The molecule has 0 amide bonds. The molecule has 0 radical (unpaired) electrons. The van der Waals surface area contributed by atoms with Gasteiger partial charge in [0.05, 0.1) is 0 Å². The summed E-state index contributed by atoms with van der Waals surface area (Å²) in [5, 5.41) is 13.2. The monoisotopic (exact) mass is 297 g/mol. The molecule has 0 spiro atoms. The van der Waals surface area contributed by atoms with Crippen molar-refractivity contribution in [3.8, 4) is 5.75 Å². The number of phenols is 1. The van der Waals surface area contributed by atoms with E-state index in [0.717, 1.165) is 6.42 Å². The van der Waals surface area contributed by atoms with Crippen molar-refractivity contribution >= 4 is 0 Å². The maximum absolute atomic E-state index is 9.53. The molecule has 0 aliphatic heterocycles. The number of hydrogen-bond acceptors (Lipinski definition) is 2.